The summed E-state index contributed by atoms with van der Waals surface area (Å²) in [5, 5.41) is 10.7. The van der Waals surface area contributed by atoms with E-state index in [0.717, 1.165) is 6.42 Å². The van der Waals surface area contributed by atoms with Crippen molar-refractivity contribution in [3.05, 3.63) is 35.5 Å². The van der Waals surface area contributed by atoms with E-state index in [-0.39, 0.29) is 6.10 Å². The lowest BCUT2D eigenvalue weighted by atomic mass is 10.0. The lowest BCUT2D eigenvalue weighted by Gasteiger charge is -2.06. The van der Waals surface area contributed by atoms with E-state index >= 15 is 0 Å². The van der Waals surface area contributed by atoms with Crippen LogP contribution < -0.4 is 0 Å². The van der Waals surface area contributed by atoms with Crippen LogP contribution in [-0.4, -0.2) is 15.8 Å². The summed E-state index contributed by atoms with van der Waals surface area (Å²) < 4.78 is 2.18. The molecule has 1 heterocycles. The fourth-order valence-corrected chi connectivity index (χ4v) is 2.05. The van der Waals surface area contributed by atoms with E-state index in [1.54, 1.807) is 0 Å². The Bertz CT molecular complexity index is 482. The molecule has 1 unspecified atom stereocenters. The Labute approximate surface area is 90.2 Å². The van der Waals surface area contributed by atoms with Crippen LogP contribution in [0.2, 0.25) is 0 Å². The van der Waals surface area contributed by atoms with Gasteiger partial charge in [-0.15, -0.1) is 0 Å². The Hall–Kier alpha value is -1.28. The number of aliphatic hydroxyl groups is 1. The molecule has 0 bridgehead atoms. The summed E-state index contributed by atoms with van der Waals surface area (Å²) in [6.45, 7) is 3.93. The largest absolute Gasteiger partial charge is 0.393 e. The molecule has 1 N–H and O–H groups in total. The molecule has 1 atom stereocenters. The van der Waals surface area contributed by atoms with Gasteiger partial charge in [0.2, 0.25) is 0 Å². The van der Waals surface area contributed by atoms with E-state index < -0.39 is 0 Å². The van der Waals surface area contributed by atoms with Gasteiger partial charge in [0.15, 0.2) is 0 Å². The van der Waals surface area contributed by atoms with E-state index in [9.17, 15) is 5.11 Å². The van der Waals surface area contributed by atoms with E-state index in [4.69, 9.17) is 0 Å². The zero-order valence-electron chi connectivity index (χ0n) is 9.49. The van der Waals surface area contributed by atoms with Crippen molar-refractivity contribution < 1.29 is 5.11 Å². The number of aliphatic hydroxyl groups excluding tert-OH is 1. The fourth-order valence-electron chi connectivity index (χ4n) is 2.05. The number of hydrogen-bond donors (Lipinski definition) is 1. The third kappa shape index (κ3) is 1.77. The van der Waals surface area contributed by atoms with Gasteiger partial charge in [0.25, 0.3) is 0 Å². The molecule has 1 aromatic carbocycles. The quantitative estimate of drug-likeness (QED) is 0.796. The molecule has 0 aliphatic rings. The molecular formula is C13H17NO. The first-order chi connectivity index (χ1) is 7.09. The molecular weight excluding hydrogens is 186 g/mol. The molecule has 2 aromatic rings. The molecule has 0 fully saturated rings. The number of rotatable bonds is 2. The molecule has 0 radical (unpaired) electrons. The van der Waals surface area contributed by atoms with Crippen molar-refractivity contribution in [1.29, 1.82) is 0 Å². The monoisotopic (exact) mass is 203 g/mol. The molecule has 1 aromatic heterocycles. The van der Waals surface area contributed by atoms with Crippen molar-refractivity contribution in [2.45, 2.75) is 26.4 Å². The van der Waals surface area contributed by atoms with E-state index in [1.807, 2.05) is 6.92 Å². The minimum atomic E-state index is -0.281. The minimum Gasteiger partial charge on any atom is -0.393 e. The maximum absolute atomic E-state index is 9.43. The maximum atomic E-state index is 9.43. The van der Waals surface area contributed by atoms with Crippen molar-refractivity contribution in [1.82, 2.24) is 4.57 Å². The molecule has 0 saturated carbocycles. The van der Waals surface area contributed by atoms with Crippen LogP contribution in [0.1, 0.15) is 18.2 Å². The first-order valence-corrected chi connectivity index (χ1v) is 5.31. The fraction of sp³-hybridized carbons (Fsp3) is 0.385. The predicted molar refractivity (Wildman–Crippen MR) is 63.0 cm³/mol. The van der Waals surface area contributed by atoms with Gasteiger partial charge in [0.05, 0.1) is 6.10 Å². The molecule has 0 spiro atoms. The van der Waals surface area contributed by atoms with Gasteiger partial charge >= 0.3 is 0 Å². The number of fused-ring (bicyclic) bond motifs is 1. The number of hydrogen-bond acceptors (Lipinski definition) is 1. The van der Waals surface area contributed by atoms with Gasteiger partial charge in [0, 0.05) is 23.6 Å². The van der Waals surface area contributed by atoms with Crippen LogP contribution in [0.3, 0.4) is 0 Å². The molecule has 2 rings (SSSR count). The Kier molecular flexibility index (Phi) is 2.53. The van der Waals surface area contributed by atoms with Crippen LogP contribution in [0.5, 0.6) is 0 Å². The van der Waals surface area contributed by atoms with Crippen LogP contribution in [0.15, 0.2) is 24.3 Å². The average Bonchev–Trinajstić information content (AvgIpc) is 2.45. The van der Waals surface area contributed by atoms with E-state index in [2.05, 4.69) is 42.8 Å². The second kappa shape index (κ2) is 3.70. The normalized spacial score (nSPS) is 13.3. The highest BCUT2D eigenvalue weighted by Gasteiger charge is 2.07. The third-order valence-electron chi connectivity index (χ3n) is 2.93. The lowest BCUT2D eigenvalue weighted by molar-refractivity contribution is 0.196. The summed E-state index contributed by atoms with van der Waals surface area (Å²) in [5.41, 5.74) is 3.72. The lowest BCUT2D eigenvalue weighted by Crippen LogP contribution is -2.04. The summed E-state index contributed by atoms with van der Waals surface area (Å²) in [5.74, 6) is 0. The highest BCUT2D eigenvalue weighted by molar-refractivity contribution is 5.84. The summed E-state index contributed by atoms with van der Waals surface area (Å²) in [7, 11) is 2.07. The number of aromatic nitrogens is 1. The maximum Gasteiger partial charge on any atom is 0.0552 e. The zero-order chi connectivity index (χ0) is 11.0. The van der Waals surface area contributed by atoms with E-state index in [0.29, 0.717) is 0 Å². The SMILES string of the molecule is Cc1cc2c(CC(C)O)cccc2n1C. The molecule has 0 aliphatic heterocycles. The Balaban J connectivity index is 2.61. The standard InChI is InChI=1S/C13H17NO/c1-9-7-12-11(8-10(2)15)5-4-6-13(12)14(9)3/h4-7,10,15H,8H2,1-3H3. The molecule has 0 amide bonds. The second-order valence-electron chi connectivity index (χ2n) is 4.25. The van der Waals surface area contributed by atoms with Crippen LogP contribution in [0, 0.1) is 6.92 Å². The van der Waals surface area contributed by atoms with Gasteiger partial charge in [0.1, 0.15) is 0 Å². The smallest absolute Gasteiger partial charge is 0.0552 e. The number of aryl methyl sites for hydroxylation is 2. The molecule has 0 aliphatic carbocycles. The summed E-state index contributed by atoms with van der Waals surface area (Å²) in [6.07, 6.45) is 0.442. The first kappa shape index (κ1) is 10.2. The Morgan fingerprint density at radius 2 is 2.13 bits per heavy atom. The topological polar surface area (TPSA) is 25.2 Å². The van der Waals surface area contributed by atoms with Crippen LogP contribution in [0.4, 0.5) is 0 Å². The highest BCUT2D eigenvalue weighted by Crippen LogP contribution is 2.23. The van der Waals surface area contributed by atoms with Crippen LogP contribution >= 0.6 is 0 Å². The second-order valence-corrected chi connectivity index (χ2v) is 4.25. The molecule has 2 heteroatoms. The summed E-state index contributed by atoms with van der Waals surface area (Å²) >= 11 is 0. The molecule has 2 nitrogen and oxygen atoms in total. The van der Waals surface area contributed by atoms with Crippen molar-refractivity contribution in [2.75, 3.05) is 0 Å². The van der Waals surface area contributed by atoms with Crippen LogP contribution in [0.25, 0.3) is 10.9 Å². The van der Waals surface area contributed by atoms with E-state index in [1.165, 1.54) is 22.2 Å². The minimum absolute atomic E-state index is 0.281. The van der Waals surface area contributed by atoms with Gasteiger partial charge < -0.3 is 9.67 Å². The van der Waals surface area contributed by atoms with Gasteiger partial charge in [-0.1, -0.05) is 12.1 Å². The van der Waals surface area contributed by atoms with Gasteiger partial charge in [-0.25, -0.2) is 0 Å². The average molecular weight is 203 g/mol. The van der Waals surface area contributed by atoms with Gasteiger partial charge in [-0.05, 0) is 38.0 Å². The van der Waals surface area contributed by atoms with Gasteiger partial charge in [-0.3, -0.25) is 0 Å². The number of benzene rings is 1. The molecule has 0 saturated heterocycles. The number of nitrogens with zero attached hydrogens (tertiary/aromatic N) is 1. The Morgan fingerprint density at radius 1 is 1.40 bits per heavy atom. The van der Waals surface area contributed by atoms with Crippen molar-refractivity contribution in [3.63, 3.8) is 0 Å². The summed E-state index contributed by atoms with van der Waals surface area (Å²) in [4.78, 5) is 0. The Morgan fingerprint density at radius 3 is 2.80 bits per heavy atom. The summed E-state index contributed by atoms with van der Waals surface area (Å²) in [6, 6.07) is 8.45. The van der Waals surface area contributed by atoms with Crippen molar-refractivity contribution >= 4 is 10.9 Å². The highest BCUT2D eigenvalue weighted by atomic mass is 16.3. The first-order valence-electron chi connectivity index (χ1n) is 5.31. The zero-order valence-corrected chi connectivity index (χ0v) is 9.49. The van der Waals surface area contributed by atoms with Crippen LogP contribution in [-0.2, 0) is 13.5 Å². The predicted octanol–water partition coefficient (Wildman–Crippen LogP) is 2.41. The van der Waals surface area contributed by atoms with Gasteiger partial charge in [-0.2, -0.15) is 0 Å². The van der Waals surface area contributed by atoms with Crippen molar-refractivity contribution in [2.24, 2.45) is 7.05 Å². The molecule has 80 valence electrons. The molecule has 15 heavy (non-hydrogen) atoms. The van der Waals surface area contributed by atoms with Crippen molar-refractivity contribution in [3.8, 4) is 0 Å². The third-order valence-corrected chi connectivity index (χ3v) is 2.93.